The van der Waals surface area contributed by atoms with E-state index in [0.29, 0.717) is 22.7 Å². The molecule has 2 N–H and O–H groups in total. The number of amides is 2. The van der Waals surface area contributed by atoms with Gasteiger partial charge in [-0.15, -0.1) is 22.9 Å². The Morgan fingerprint density at radius 3 is 1.56 bits per heavy atom. The molecule has 2 fully saturated rings. The number of nitrogens with zero attached hydrogens (tertiary/aromatic N) is 3. The van der Waals surface area contributed by atoms with E-state index in [4.69, 9.17) is 30.9 Å². The number of carbonyl (C=O) groups is 4. The van der Waals surface area contributed by atoms with E-state index in [1.54, 1.807) is 5.38 Å². The van der Waals surface area contributed by atoms with E-state index in [1.165, 1.54) is 11.3 Å². The highest BCUT2D eigenvalue weighted by atomic mass is 35.5. The Labute approximate surface area is 468 Å². The largest absolute Gasteiger partial charge is 0.450 e. The molecular weight excluding hydrogens is 1050 g/mol. The number of anilines is 1. The quantitative estimate of drug-likeness (QED) is 0.0199. The highest BCUT2D eigenvalue weighted by molar-refractivity contribution is 7.86. The smallest absolute Gasteiger partial charge is 0.356 e. The van der Waals surface area contributed by atoms with Gasteiger partial charge in [-0.2, -0.15) is 0 Å². The third-order valence-electron chi connectivity index (χ3n) is 14.4. The van der Waals surface area contributed by atoms with Gasteiger partial charge in [-0.3, -0.25) is 18.7 Å². The van der Waals surface area contributed by atoms with E-state index in [0.717, 1.165) is 32.7 Å². The van der Waals surface area contributed by atoms with Crippen molar-refractivity contribution in [2.75, 3.05) is 16.9 Å². The number of aromatic nitrogens is 1. The Bertz CT molecular complexity index is 3380. The standard InChI is InChI=1S/C63H52ClN5O8S2/c64-39-46-41-79(74)58-52(57(71)69(58)53(46)59(72)75-54(42-23-8-1-9-24-42)43-25-10-2-11-26-43)66-56(70)51(68-77-62(37-22-38-62)60(73)76-55(44-27-12-3-13-28-44)45-29-14-4-15-30-45)50-40-78-61(65-50)67-63(47-31-16-5-17-32-47,48-33-18-6-19-34-48)49-35-20-7-21-36-49/h1-21,23-36,40,52,54-55,58H,22,37-39,41H2,(H,65,67)(H,66,70)/b68-51+/t52?,58-,79?/m1/s1. The maximum atomic E-state index is 15.1. The molecule has 0 radical (unpaired) electrons. The van der Waals surface area contributed by atoms with Gasteiger partial charge in [0, 0.05) is 24.1 Å². The molecule has 11 rings (SSSR count). The van der Waals surface area contributed by atoms with Crippen LogP contribution in [0.3, 0.4) is 0 Å². The van der Waals surface area contributed by atoms with Gasteiger partial charge in [0.1, 0.15) is 28.3 Å². The van der Waals surface area contributed by atoms with Crippen molar-refractivity contribution in [3.05, 3.63) is 274 Å². The number of rotatable bonds is 19. The van der Waals surface area contributed by atoms with Crippen LogP contribution in [0.2, 0.25) is 0 Å². The van der Waals surface area contributed by atoms with Crippen molar-refractivity contribution in [1.29, 1.82) is 0 Å². The molecule has 3 atom stereocenters. The number of carbonyl (C=O) groups excluding carboxylic acids is 4. The van der Waals surface area contributed by atoms with Crippen LogP contribution in [-0.2, 0) is 49.8 Å². The summed E-state index contributed by atoms with van der Waals surface area (Å²) in [6.07, 6.45) is -0.558. The van der Waals surface area contributed by atoms with E-state index < -0.39 is 69.3 Å². The summed E-state index contributed by atoms with van der Waals surface area (Å²) in [4.78, 5) is 71.0. The first-order valence-corrected chi connectivity index (χ1v) is 28.5. The number of ether oxygens (including phenoxy) is 2. The van der Waals surface area contributed by atoms with E-state index in [-0.39, 0.29) is 47.2 Å². The predicted molar refractivity (Wildman–Crippen MR) is 304 cm³/mol. The summed E-state index contributed by atoms with van der Waals surface area (Å²) in [5, 5.41) is 11.8. The second-order valence-corrected chi connectivity index (χ2v) is 21.9. The number of hydrogen-bond acceptors (Lipinski definition) is 12. The minimum absolute atomic E-state index is 0.0530. The summed E-state index contributed by atoms with van der Waals surface area (Å²) in [6, 6.07) is 65.5. The van der Waals surface area contributed by atoms with Crippen molar-refractivity contribution in [2.24, 2.45) is 5.16 Å². The zero-order valence-corrected chi connectivity index (χ0v) is 44.8. The molecule has 0 spiro atoms. The van der Waals surface area contributed by atoms with Gasteiger partial charge in [0.25, 0.3) is 11.8 Å². The predicted octanol–water partition coefficient (Wildman–Crippen LogP) is 10.8. The number of fused-ring (bicyclic) bond motifs is 1. The molecule has 2 amide bonds. The second kappa shape index (κ2) is 23.2. The molecular formula is C63H52ClN5O8S2. The summed E-state index contributed by atoms with van der Waals surface area (Å²) in [7, 11) is -1.84. The molecule has 1 saturated heterocycles. The highest BCUT2D eigenvalue weighted by Crippen LogP contribution is 2.43. The molecule has 13 nitrogen and oxygen atoms in total. The van der Waals surface area contributed by atoms with Crippen molar-refractivity contribution in [3.63, 3.8) is 0 Å². The molecule has 16 heteroatoms. The average molecular weight is 1110 g/mol. The number of alkyl halides is 1. The number of thiazole rings is 1. The van der Waals surface area contributed by atoms with Gasteiger partial charge in [-0.05, 0) is 50.9 Å². The molecule has 0 bridgehead atoms. The van der Waals surface area contributed by atoms with Gasteiger partial charge >= 0.3 is 11.9 Å². The van der Waals surface area contributed by atoms with Gasteiger partial charge in [-0.1, -0.05) is 217 Å². The maximum Gasteiger partial charge on any atom is 0.356 e. The summed E-state index contributed by atoms with van der Waals surface area (Å²) in [5.74, 6) is -3.52. The molecule has 2 aliphatic heterocycles. The normalized spacial score (nSPS) is 17.7. The average Bonchev–Trinajstić information content (AvgIpc) is 3.98. The fourth-order valence-electron chi connectivity index (χ4n) is 10.2. The fourth-order valence-corrected chi connectivity index (χ4v) is 13.0. The van der Waals surface area contributed by atoms with Crippen LogP contribution in [0.1, 0.15) is 76.1 Å². The number of esters is 2. The van der Waals surface area contributed by atoms with Crippen LogP contribution in [-0.4, -0.2) is 72.2 Å². The van der Waals surface area contributed by atoms with Gasteiger partial charge in [0.15, 0.2) is 23.1 Å². The molecule has 79 heavy (non-hydrogen) atoms. The van der Waals surface area contributed by atoms with Gasteiger partial charge < -0.3 is 24.9 Å². The first-order chi connectivity index (χ1) is 38.7. The minimum Gasteiger partial charge on any atom is -0.450 e. The maximum absolute atomic E-state index is 15.1. The van der Waals surface area contributed by atoms with Crippen LogP contribution in [0.15, 0.2) is 234 Å². The van der Waals surface area contributed by atoms with Crippen LogP contribution >= 0.6 is 22.9 Å². The molecule has 396 valence electrons. The summed E-state index contributed by atoms with van der Waals surface area (Å²) >= 11 is 7.65. The van der Waals surface area contributed by atoms with Crippen molar-refractivity contribution in [3.8, 4) is 0 Å². The Morgan fingerprint density at radius 2 is 1.13 bits per heavy atom. The van der Waals surface area contributed by atoms with Crippen molar-refractivity contribution in [1.82, 2.24) is 15.2 Å². The highest BCUT2D eigenvalue weighted by Gasteiger charge is 2.58. The lowest BCUT2D eigenvalue weighted by atomic mass is 9.77. The monoisotopic (exact) mass is 1110 g/mol. The second-order valence-electron chi connectivity index (χ2n) is 19.3. The third kappa shape index (κ3) is 10.5. The van der Waals surface area contributed by atoms with Gasteiger partial charge in [-0.25, -0.2) is 14.6 Å². The van der Waals surface area contributed by atoms with E-state index >= 15 is 4.79 Å². The van der Waals surface area contributed by atoms with E-state index in [1.807, 2.05) is 212 Å². The SMILES string of the molecule is O=C(OC(c1ccccc1)c1ccccc1)C1=C(CCl)CS(=O)[C@@H]2C(NC(=O)/C(=N/OC3(C(=O)OC(c4ccccc4)c4ccccc4)CCC3)c3csc(NC(c4ccccc4)(c4ccccc4)c4ccccc4)n3)C(=O)N12. The summed E-state index contributed by atoms with van der Waals surface area (Å²) < 4.78 is 26.7. The molecule has 8 aromatic rings. The van der Waals surface area contributed by atoms with E-state index in [9.17, 15) is 18.6 Å². The van der Waals surface area contributed by atoms with Crippen LogP contribution in [0.5, 0.6) is 0 Å². The van der Waals surface area contributed by atoms with Crippen LogP contribution in [0.25, 0.3) is 0 Å². The zero-order chi connectivity index (χ0) is 54.3. The Morgan fingerprint density at radius 1 is 0.684 bits per heavy atom. The number of benzene rings is 7. The Kier molecular flexibility index (Phi) is 15.4. The van der Waals surface area contributed by atoms with Crippen molar-refractivity contribution >= 4 is 68.3 Å². The van der Waals surface area contributed by atoms with Crippen molar-refractivity contribution < 1.29 is 37.7 Å². The third-order valence-corrected chi connectivity index (χ3v) is 17.2. The molecule has 1 aromatic heterocycles. The molecule has 1 aliphatic carbocycles. The van der Waals surface area contributed by atoms with Gasteiger partial charge in [0.2, 0.25) is 5.60 Å². The first kappa shape index (κ1) is 52.5. The van der Waals surface area contributed by atoms with Crippen molar-refractivity contribution in [2.45, 2.75) is 54.0 Å². The molecule has 3 heterocycles. The Balaban J connectivity index is 0.930. The number of oxime groups is 1. The van der Waals surface area contributed by atoms with Crippen LogP contribution in [0.4, 0.5) is 5.13 Å². The molecule has 3 aliphatic rings. The molecule has 2 unspecified atom stereocenters. The van der Waals surface area contributed by atoms with E-state index in [2.05, 4.69) is 15.8 Å². The topological polar surface area (TPSA) is 166 Å². The van der Waals surface area contributed by atoms with Gasteiger partial charge in [0.05, 0.1) is 16.6 Å². The lowest BCUT2D eigenvalue weighted by Crippen LogP contribution is -2.74. The molecule has 7 aromatic carbocycles. The summed E-state index contributed by atoms with van der Waals surface area (Å²) in [6.45, 7) is 0. The lowest BCUT2D eigenvalue weighted by molar-refractivity contribution is -0.189. The number of hydrogen-bond donors (Lipinski definition) is 2. The fraction of sp³-hybridized carbons (Fsp3) is 0.175. The van der Waals surface area contributed by atoms with Crippen LogP contribution < -0.4 is 10.6 Å². The number of nitrogens with one attached hydrogen (secondary N) is 2. The first-order valence-electron chi connectivity index (χ1n) is 25.8. The zero-order valence-electron chi connectivity index (χ0n) is 42.4. The molecule has 1 saturated carbocycles. The Hall–Kier alpha value is -8.50. The lowest BCUT2D eigenvalue weighted by Gasteiger charge is -2.49. The minimum atomic E-state index is -1.84. The summed E-state index contributed by atoms with van der Waals surface area (Å²) in [5.41, 5.74) is 2.84. The number of β-lactam (4-membered cyclic amide) rings is 1. The number of halogens is 1. The van der Waals surface area contributed by atoms with Crippen LogP contribution in [0, 0.1) is 0 Å².